The molecule has 1 aromatic heterocycles. The molecule has 2 aliphatic heterocycles. The molecule has 0 bridgehead atoms. The maximum Gasteiger partial charge on any atom is 0.409 e. The van der Waals surface area contributed by atoms with Gasteiger partial charge in [-0.15, -0.1) is 0 Å². The van der Waals surface area contributed by atoms with Gasteiger partial charge >= 0.3 is 12.1 Å². The fourth-order valence-electron chi connectivity index (χ4n) is 5.04. The highest BCUT2D eigenvalue weighted by molar-refractivity contribution is 5.97. The number of anilines is 1. The highest BCUT2D eigenvalue weighted by Crippen LogP contribution is 2.27. The third kappa shape index (κ3) is 7.48. The van der Waals surface area contributed by atoms with E-state index in [4.69, 9.17) is 4.74 Å². The number of aliphatic hydroxyl groups is 1. The van der Waals surface area contributed by atoms with Crippen LogP contribution in [0.3, 0.4) is 0 Å². The number of rotatable bonds is 10. The molecule has 2 saturated heterocycles. The van der Waals surface area contributed by atoms with E-state index in [0.717, 1.165) is 12.8 Å². The predicted molar refractivity (Wildman–Crippen MR) is 148 cm³/mol. The van der Waals surface area contributed by atoms with Gasteiger partial charge in [0.1, 0.15) is 17.6 Å². The zero-order chi connectivity index (χ0) is 29.4. The van der Waals surface area contributed by atoms with Crippen LogP contribution in [0.5, 0.6) is 0 Å². The van der Waals surface area contributed by atoms with Gasteiger partial charge in [0.15, 0.2) is 5.82 Å². The van der Waals surface area contributed by atoms with Crippen LogP contribution < -0.4 is 10.2 Å². The Kier molecular flexibility index (Phi) is 10.1. The molecule has 13 heteroatoms. The zero-order valence-electron chi connectivity index (χ0n) is 23.1. The first kappa shape index (κ1) is 29.7. The van der Waals surface area contributed by atoms with E-state index in [1.807, 2.05) is 35.2 Å². The SMILES string of the molecule is CCOC(=O)N1CCN(C(=O)[C@H](CCC(=O)O)NC(=O)c2cc(N3CCC[C@H]3CO)nc(-c3ccccc3)n2)CC1. The molecule has 0 unspecified atom stereocenters. The topological polar surface area (TPSA) is 166 Å². The van der Waals surface area contributed by atoms with Crippen LogP contribution in [0.2, 0.25) is 0 Å². The van der Waals surface area contributed by atoms with E-state index in [1.54, 1.807) is 6.92 Å². The van der Waals surface area contributed by atoms with Crippen LogP contribution in [-0.4, -0.2) is 112 Å². The van der Waals surface area contributed by atoms with Crippen molar-refractivity contribution >= 4 is 29.7 Å². The second kappa shape index (κ2) is 13.9. The Morgan fingerprint density at radius 1 is 1.05 bits per heavy atom. The van der Waals surface area contributed by atoms with Crippen molar-refractivity contribution in [2.24, 2.45) is 0 Å². The van der Waals surface area contributed by atoms with E-state index in [1.165, 1.54) is 15.9 Å². The molecule has 41 heavy (non-hydrogen) atoms. The van der Waals surface area contributed by atoms with Crippen LogP contribution in [0.4, 0.5) is 10.6 Å². The molecule has 13 nitrogen and oxygen atoms in total. The number of amides is 3. The first-order chi connectivity index (χ1) is 19.8. The number of aliphatic carboxylic acids is 1. The van der Waals surface area contributed by atoms with Crippen molar-refractivity contribution in [2.45, 2.75) is 44.7 Å². The summed E-state index contributed by atoms with van der Waals surface area (Å²) in [5, 5.41) is 21.8. The van der Waals surface area contributed by atoms with Gasteiger partial charge < -0.3 is 35.0 Å². The third-order valence-electron chi connectivity index (χ3n) is 7.23. The number of piperazine rings is 1. The van der Waals surface area contributed by atoms with E-state index >= 15 is 0 Å². The molecule has 220 valence electrons. The molecule has 4 rings (SSSR count). The first-order valence-corrected chi connectivity index (χ1v) is 13.9. The lowest BCUT2D eigenvalue weighted by Gasteiger charge is -2.36. The number of nitrogens with one attached hydrogen (secondary N) is 1. The quantitative estimate of drug-likeness (QED) is 0.381. The van der Waals surface area contributed by atoms with Crippen LogP contribution in [0.25, 0.3) is 11.4 Å². The van der Waals surface area contributed by atoms with E-state index in [9.17, 15) is 29.4 Å². The Morgan fingerprint density at radius 3 is 2.41 bits per heavy atom. The number of hydrogen-bond donors (Lipinski definition) is 3. The number of benzene rings is 1. The summed E-state index contributed by atoms with van der Waals surface area (Å²) >= 11 is 0. The van der Waals surface area contributed by atoms with E-state index in [-0.39, 0.29) is 64.0 Å². The highest BCUT2D eigenvalue weighted by Gasteiger charge is 2.32. The number of ether oxygens (including phenoxy) is 1. The molecular weight excluding hydrogens is 532 g/mol. The van der Waals surface area contributed by atoms with Crippen molar-refractivity contribution in [3.8, 4) is 11.4 Å². The van der Waals surface area contributed by atoms with Gasteiger partial charge in [0.05, 0.1) is 19.3 Å². The van der Waals surface area contributed by atoms with E-state index in [2.05, 4.69) is 15.3 Å². The van der Waals surface area contributed by atoms with E-state index in [0.29, 0.717) is 23.8 Å². The Hall–Kier alpha value is -4.26. The van der Waals surface area contributed by atoms with Gasteiger partial charge in [-0.3, -0.25) is 14.4 Å². The minimum atomic E-state index is -1.11. The van der Waals surface area contributed by atoms with Crippen LogP contribution in [-0.2, 0) is 14.3 Å². The molecule has 3 amide bonds. The van der Waals surface area contributed by atoms with Crippen molar-refractivity contribution in [3.63, 3.8) is 0 Å². The van der Waals surface area contributed by atoms with Crippen molar-refractivity contribution in [1.29, 1.82) is 0 Å². The largest absolute Gasteiger partial charge is 0.481 e. The van der Waals surface area contributed by atoms with Crippen molar-refractivity contribution in [2.75, 3.05) is 50.8 Å². The lowest BCUT2D eigenvalue weighted by molar-refractivity contribution is -0.138. The van der Waals surface area contributed by atoms with Gasteiger partial charge in [-0.2, -0.15) is 0 Å². The second-order valence-corrected chi connectivity index (χ2v) is 9.94. The zero-order valence-corrected chi connectivity index (χ0v) is 23.1. The summed E-state index contributed by atoms with van der Waals surface area (Å²) in [7, 11) is 0. The summed E-state index contributed by atoms with van der Waals surface area (Å²) in [5.74, 6) is -1.35. The van der Waals surface area contributed by atoms with Gasteiger partial charge in [0.25, 0.3) is 5.91 Å². The number of hydrogen-bond acceptors (Lipinski definition) is 9. The first-order valence-electron chi connectivity index (χ1n) is 13.9. The third-order valence-corrected chi connectivity index (χ3v) is 7.23. The number of carbonyl (C=O) groups excluding carboxylic acids is 3. The summed E-state index contributed by atoms with van der Waals surface area (Å²) < 4.78 is 5.02. The average molecular weight is 569 g/mol. The molecule has 0 spiro atoms. The summed E-state index contributed by atoms with van der Waals surface area (Å²) in [6, 6.07) is 9.46. The molecule has 2 fully saturated rings. The molecule has 3 N–H and O–H groups in total. The van der Waals surface area contributed by atoms with Crippen LogP contribution in [0.15, 0.2) is 36.4 Å². The number of carboxylic acids is 1. The normalized spacial score (nSPS) is 17.7. The number of carboxylic acid groups (broad SMARTS) is 1. The molecular formula is C28H36N6O7. The van der Waals surface area contributed by atoms with Crippen molar-refractivity contribution < 1.29 is 34.1 Å². The minimum absolute atomic E-state index is 0.0256. The summed E-state index contributed by atoms with van der Waals surface area (Å²) in [5.41, 5.74) is 0.721. The van der Waals surface area contributed by atoms with Crippen molar-refractivity contribution in [3.05, 3.63) is 42.1 Å². The van der Waals surface area contributed by atoms with Crippen LogP contribution in [0.1, 0.15) is 43.1 Å². The lowest BCUT2D eigenvalue weighted by Crippen LogP contribution is -2.56. The molecule has 2 aromatic rings. The molecule has 2 atom stereocenters. The fraction of sp³-hybridized carbons (Fsp3) is 0.500. The highest BCUT2D eigenvalue weighted by atomic mass is 16.6. The summed E-state index contributed by atoms with van der Waals surface area (Å²) in [6.45, 7) is 3.55. The molecule has 2 aliphatic rings. The van der Waals surface area contributed by atoms with Gasteiger partial charge in [-0.25, -0.2) is 14.8 Å². The number of carbonyl (C=O) groups is 4. The monoisotopic (exact) mass is 568 g/mol. The summed E-state index contributed by atoms with van der Waals surface area (Å²) in [6.07, 6.45) is 0.769. The van der Waals surface area contributed by atoms with E-state index < -0.39 is 29.9 Å². The smallest absolute Gasteiger partial charge is 0.409 e. The number of nitrogens with zero attached hydrogens (tertiary/aromatic N) is 5. The minimum Gasteiger partial charge on any atom is -0.481 e. The van der Waals surface area contributed by atoms with Gasteiger partial charge in [0.2, 0.25) is 5.91 Å². The molecule has 1 aromatic carbocycles. The van der Waals surface area contributed by atoms with Crippen LogP contribution >= 0.6 is 0 Å². The maximum atomic E-state index is 13.5. The lowest BCUT2D eigenvalue weighted by atomic mass is 10.1. The molecule has 3 heterocycles. The van der Waals surface area contributed by atoms with Gasteiger partial charge in [-0.1, -0.05) is 30.3 Å². The number of aliphatic hydroxyl groups excluding tert-OH is 1. The molecule has 0 saturated carbocycles. The maximum absolute atomic E-state index is 13.5. The van der Waals surface area contributed by atoms with Gasteiger partial charge in [0, 0.05) is 50.8 Å². The second-order valence-electron chi connectivity index (χ2n) is 9.94. The fourth-order valence-corrected chi connectivity index (χ4v) is 5.04. The van der Waals surface area contributed by atoms with Gasteiger partial charge in [-0.05, 0) is 26.2 Å². The predicted octanol–water partition coefficient (Wildman–Crippen LogP) is 1.37. The average Bonchev–Trinajstić information content (AvgIpc) is 3.48. The number of aromatic nitrogens is 2. The standard InChI is InChI=1S/C28H36N6O7/c1-2-41-28(40)33-15-13-32(14-16-33)27(39)21(10-11-24(36)37)30-26(38)22-17-23(34-12-6-9-20(34)18-35)31-25(29-22)19-7-4-3-5-8-19/h3-5,7-8,17,20-21,35H,2,6,9-16,18H2,1H3,(H,30,38)(H,36,37)/t20-,21-/m0/s1. The Bertz CT molecular complexity index is 1240. The Balaban J connectivity index is 1.56. The van der Waals surface area contributed by atoms with Crippen molar-refractivity contribution in [1.82, 2.24) is 25.1 Å². The molecule has 0 radical (unpaired) electrons. The molecule has 0 aliphatic carbocycles. The Labute approximate surface area is 238 Å². The Morgan fingerprint density at radius 2 is 1.76 bits per heavy atom. The summed E-state index contributed by atoms with van der Waals surface area (Å²) in [4.78, 5) is 64.5. The van der Waals surface area contributed by atoms with Crippen LogP contribution in [0, 0.1) is 0 Å².